The Bertz CT molecular complexity index is 2510. The number of nitrogens with zero attached hydrogens (tertiary/aromatic N) is 10. The summed E-state index contributed by atoms with van der Waals surface area (Å²) in [4.78, 5) is 61.7. The second-order valence-corrected chi connectivity index (χ2v) is 16.1. The average Bonchev–Trinajstić information content (AvgIpc) is 4.00. The third-order valence-electron chi connectivity index (χ3n) is 9.53. The number of nitrogen functional groups attached to an aromatic ring is 3. The van der Waals surface area contributed by atoms with Gasteiger partial charge in [-0.1, -0.05) is 0 Å². The lowest BCUT2D eigenvalue weighted by atomic mass is 10.1. The summed E-state index contributed by atoms with van der Waals surface area (Å²) in [7, 11) is -10.5. The second kappa shape index (κ2) is 15.7. The van der Waals surface area contributed by atoms with Crippen molar-refractivity contribution in [1.29, 1.82) is 0 Å². The Morgan fingerprint density at radius 1 is 0.712 bits per heavy atom. The number of aliphatic hydroxyl groups is 4. The van der Waals surface area contributed by atoms with Crippen LogP contribution >= 0.6 is 15.6 Å². The second-order valence-electron chi connectivity index (χ2n) is 13.3. The molecule has 0 aliphatic carbocycles. The van der Waals surface area contributed by atoms with Gasteiger partial charge in [0.1, 0.15) is 78.3 Å². The van der Waals surface area contributed by atoms with Crippen LogP contribution in [0.1, 0.15) is 18.7 Å². The first-order valence-corrected chi connectivity index (χ1v) is 20.2. The molecule has 0 saturated carbocycles. The van der Waals surface area contributed by atoms with Crippen LogP contribution in [0.3, 0.4) is 0 Å². The number of hydrogen-bond donors (Lipinski definition) is 9. The molecule has 8 rings (SSSR count). The largest absolute Gasteiger partial charge is 0.472 e. The number of aromatic nitrogens is 10. The molecule has 59 heavy (non-hydrogen) atoms. The minimum Gasteiger partial charge on any atom is -0.387 e. The minimum absolute atomic E-state index is 0.0367. The fraction of sp³-hybridized carbons (Fsp3) is 0.500. The van der Waals surface area contributed by atoms with Crippen molar-refractivity contribution >= 4 is 55.4 Å². The highest BCUT2D eigenvalue weighted by molar-refractivity contribution is 7.47. The van der Waals surface area contributed by atoms with E-state index in [2.05, 4.69) is 34.9 Å². The molecular formula is C28H35N13O16P2. The molecule has 0 spiro atoms. The minimum atomic E-state index is -5.31. The van der Waals surface area contributed by atoms with E-state index in [9.17, 15) is 44.1 Å². The lowest BCUT2D eigenvalue weighted by Gasteiger charge is -2.25. The number of aliphatic hydroxyl groups excluding tert-OH is 4. The number of nitrogens with two attached hydrogens (primary N) is 3. The van der Waals surface area contributed by atoms with E-state index in [1.54, 1.807) is 0 Å². The predicted molar refractivity (Wildman–Crippen MR) is 191 cm³/mol. The molecule has 29 nitrogen and oxygen atoms in total. The summed E-state index contributed by atoms with van der Waals surface area (Å²) in [5.41, 5.74) is 17.0. The van der Waals surface area contributed by atoms with Gasteiger partial charge in [0.2, 0.25) is 0 Å². The van der Waals surface area contributed by atoms with Crippen LogP contribution in [0.4, 0.5) is 17.5 Å². The molecule has 13 atom stereocenters. The number of phosphoric acid groups is 2. The van der Waals surface area contributed by atoms with Gasteiger partial charge in [0.25, 0.3) is 0 Å². The molecule has 12 N–H and O–H groups in total. The Morgan fingerprint density at radius 3 is 1.90 bits per heavy atom. The monoisotopic (exact) mass is 871 g/mol. The number of imidazole rings is 2. The van der Waals surface area contributed by atoms with Gasteiger partial charge in [0, 0.05) is 6.20 Å². The van der Waals surface area contributed by atoms with Gasteiger partial charge < -0.3 is 61.6 Å². The van der Waals surface area contributed by atoms with Crippen molar-refractivity contribution in [2.24, 2.45) is 0 Å². The van der Waals surface area contributed by atoms with Crippen molar-refractivity contribution in [3.63, 3.8) is 0 Å². The normalized spacial score (nSPS) is 31.9. The van der Waals surface area contributed by atoms with Gasteiger partial charge in [-0.15, -0.1) is 0 Å². The topological polar surface area (TPSA) is 420 Å². The van der Waals surface area contributed by atoms with Gasteiger partial charge in [-0.25, -0.2) is 43.8 Å². The predicted octanol–water partition coefficient (Wildman–Crippen LogP) is -3.56. The summed E-state index contributed by atoms with van der Waals surface area (Å²) >= 11 is 0. The van der Waals surface area contributed by atoms with Crippen molar-refractivity contribution in [3.8, 4) is 0 Å². The summed E-state index contributed by atoms with van der Waals surface area (Å²) < 4.78 is 67.6. The van der Waals surface area contributed by atoms with E-state index in [0.29, 0.717) is 0 Å². The number of fused-ring (bicyclic) bond motifs is 2. The van der Waals surface area contributed by atoms with Crippen LogP contribution in [0, 0.1) is 0 Å². The number of rotatable bonds is 13. The maximum absolute atomic E-state index is 13.3. The summed E-state index contributed by atoms with van der Waals surface area (Å²) in [5.74, 6) is -0.0837. The van der Waals surface area contributed by atoms with Crippen LogP contribution in [0.5, 0.6) is 0 Å². The molecule has 0 radical (unpaired) electrons. The van der Waals surface area contributed by atoms with Gasteiger partial charge in [-0.3, -0.25) is 31.8 Å². The fourth-order valence-corrected chi connectivity index (χ4v) is 8.56. The molecule has 5 aromatic heterocycles. The van der Waals surface area contributed by atoms with Crippen LogP contribution < -0.4 is 22.9 Å². The molecule has 3 saturated heterocycles. The molecule has 5 aromatic rings. The molecule has 8 heterocycles. The van der Waals surface area contributed by atoms with E-state index in [4.69, 9.17) is 49.5 Å². The summed E-state index contributed by atoms with van der Waals surface area (Å²) in [6.07, 6.45) is -11.7. The molecule has 31 heteroatoms. The summed E-state index contributed by atoms with van der Waals surface area (Å²) in [5, 5.41) is 43.7. The quantitative estimate of drug-likeness (QED) is 0.0517. The standard InChI is InChI=1S/C28H35N13O16P2/c29-13-1-2-39(28(46)38-13)27-19(45)20(57-59(49,50)52-4-10-16(42)18(44)26(54-10)41-9-37-15-22(31)33-7-35-24(15)41)12(55-27)5-53-58(47,48)56-11-3-51-25(17(11)43)40-8-36-14-21(30)32-6-34-23(14)40/h1-2,6-12,16-20,25-27,42-45H,3-5H2,(H,47,48)(H,49,50)(H2,29,38,46)(H2,30,32,34)(H2,31,33,35)/t10-,11-,12-,16-,17-,18-,19-,20-,25-,26-,27-/m1/s1. The van der Waals surface area contributed by atoms with Gasteiger partial charge in [0.05, 0.1) is 32.5 Å². The molecule has 3 fully saturated rings. The Morgan fingerprint density at radius 2 is 1.27 bits per heavy atom. The molecule has 0 amide bonds. The fourth-order valence-electron chi connectivity index (χ4n) is 6.68. The maximum atomic E-state index is 13.3. The Balaban J connectivity index is 0.944. The van der Waals surface area contributed by atoms with E-state index in [0.717, 1.165) is 17.1 Å². The van der Waals surface area contributed by atoms with Crippen LogP contribution in [0.15, 0.2) is 42.4 Å². The Labute approximate surface area is 328 Å². The molecule has 2 unspecified atom stereocenters. The number of phosphoric ester groups is 2. The van der Waals surface area contributed by atoms with E-state index in [1.807, 2.05) is 0 Å². The van der Waals surface area contributed by atoms with Crippen LogP contribution in [-0.2, 0) is 41.4 Å². The summed E-state index contributed by atoms with van der Waals surface area (Å²) in [6.45, 7) is -2.28. The van der Waals surface area contributed by atoms with Crippen molar-refractivity contribution in [3.05, 3.63) is 48.1 Å². The number of ether oxygens (including phenoxy) is 3. The van der Waals surface area contributed by atoms with Crippen molar-refractivity contribution in [1.82, 2.24) is 48.6 Å². The van der Waals surface area contributed by atoms with E-state index in [-0.39, 0.29) is 39.8 Å². The molecule has 318 valence electrons. The Kier molecular flexibility index (Phi) is 11.0. The van der Waals surface area contributed by atoms with Gasteiger partial charge in [-0.2, -0.15) is 4.98 Å². The average molecular weight is 872 g/mol. The van der Waals surface area contributed by atoms with E-state index in [1.165, 1.54) is 34.2 Å². The van der Waals surface area contributed by atoms with Gasteiger partial charge in [-0.05, 0) is 6.07 Å². The zero-order valence-electron chi connectivity index (χ0n) is 29.8. The van der Waals surface area contributed by atoms with Crippen LogP contribution in [-0.4, -0.2) is 147 Å². The van der Waals surface area contributed by atoms with Crippen LogP contribution in [0.2, 0.25) is 0 Å². The highest BCUT2D eigenvalue weighted by atomic mass is 31.2. The lowest BCUT2D eigenvalue weighted by molar-refractivity contribution is -0.0613. The zero-order chi connectivity index (χ0) is 42.0. The molecule has 3 aliphatic rings. The Hall–Kier alpha value is -4.68. The zero-order valence-corrected chi connectivity index (χ0v) is 31.6. The van der Waals surface area contributed by atoms with E-state index < -0.39 is 109 Å². The highest BCUT2D eigenvalue weighted by Gasteiger charge is 2.52. The lowest BCUT2D eigenvalue weighted by Crippen LogP contribution is -2.38. The SMILES string of the molecule is Nc1ccn([C@@H]2O[C@H](COP(=O)(O)O[C@@H]3CO[C@@H](n4cnc5c(N)ncnc54)[C@@H]3O)[C@@H](OP(=O)(O)OC[C@H]3O[C@@H](n4cnc5c(N)ncnc54)[C@H](O)[C@@H]3O)[C@H]2O)c(=O)n1. The van der Waals surface area contributed by atoms with Gasteiger partial charge >= 0.3 is 21.3 Å². The van der Waals surface area contributed by atoms with E-state index >= 15 is 0 Å². The van der Waals surface area contributed by atoms with Gasteiger partial charge in [0.15, 0.2) is 41.6 Å². The first kappa shape index (κ1) is 41.1. The third kappa shape index (κ3) is 7.90. The number of hydrogen-bond acceptors (Lipinski definition) is 24. The maximum Gasteiger partial charge on any atom is 0.472 e. The first-order valence-electron chi connectivity index (χ1n) is 17.2. The van der Waals surface area contributed by atoms with Crippen molar-refractivity contribution in [2.75, 3.05) is 37.0 Å². The van der Waals surface area contributed by atoms with Crippen molar-refractivity contribution in [2.45, 2.75) is 67.5 Å². The molecule has 3 aliphatic heterocycles. The molecule has 0 bridgehead atoms. The summed E-state index contributed by atoms with van der Waals surface area (Å²) in [6, 6.07) is 1.19. The third-order valence-corrected chi connectivity index (χ3v) is 11.5. The molecular weight excluding hydrogens is 836 g/mol. The number of anilines is 3. The smallest absolute Gasteiger partial charge is 0.387 e. The van der Waals surface area contributed by atoms with Crippen LogP contribution in [0.25, 0.3) is 22.3 Å². The van der Waals surface area contributed by atoms with Crippen molar-refractivity contribution < 1.29 is 71.6 Å². The first-order chi connectivity index (χ1) is 28.0. The highest BCUT2D eigenvalue weighted by Crippen LogP contribution is 2.51. The molecule has 0 aromatic carbocycles.